The van der Waals surface area contributed by atoms with Crippen LogP contribution in [-0.4, -0.2) is 28.6 Å². The van der Waals surface area contributed by atoms with E-state index >= 15 is 0 Å². The lowest BCUT2D eigenvalue weighted by molar-refractivity contribution is 0.150. The van der Waals surface area contributed by atoms with Crippen LogP contribution in [0.3, 0.4) is 0 Å². The van der Waals surface area contributed by atoms with Crippen LogP contribution in [-0.2, 0) is 19.5 Å². The van der Waals surface area contributed by atoms with E-state index in [4.69, 9.17) is 4.98 Å². The van der Waals surface area contributed by atoms with Crippen LogP contribution >= 0.6 is 0 Å². The van der Waals surface area contributed by atoms with Gasteiger partial charge in [0.2, 0.25) is 0 Å². The summed E-state index contributed by atoms with van der Waals surface area (Å²) in [5, 5.41) is 7.15. The zero-order valence-electron chi connectivity index (χ0n) is 15.6. The van der Waals surface area contributed by atoms with E-state index in [9.17, 15) is 0 Å². The first kappa shape index (κ1) is 16.9. The van der Waals surface area contributed by atoms with Gasteiger partial charge in [-0.2, -0.15) is 0 Å². The van der Waals surface area contributed by atoms with Crippen LogP contribution in [0.2, 0.25) is 0 Å². The van der Waals surface area contributed by atoms with Crippen LogP contribution < -0.4 is 10.6 Å². The highest BCUT2D eigenvalue weighted by Crippen LogP contribution is 2.40. The van der Waals surface area contributed by atoms with Crippen molar-refractivity contribution < 1.29 is 0 Å². The average molecular weight is 344 g/mol. The fraction of sp³-hybridized carbons (Fsp3) is 0.800. The standard InChI is InChI=1S/C20H33N5/c1-21-20(22-13-18-14-25-11-5-4-8-19(25)23-18)24-17-10-9-15-6-2-3-7-16(15)12-17/h14-17H,2-13H2,1H3,(H2,21,22,24). The molecule has 138 valence electrons. The van der Waals surface area contributed by atoms with Crippen molar-refractivity contribution in [2.75, 3.05) is 7.05 Å². The first-order valence-corrected chi connectivity index (χ1v) is 10.3. The van der Waals surface area contributed by atoms with E-state index in [1.165, 1.54) is 63.6 Å². The predicted molar refractivity (Wildman–Crippen MR) is 102 cm³/mol. The summed E-state index contributed by atoms with van der Waals surface area (Å²) in [4.78, 5) is 9.22. The molecule has 2 aliphatic carbocycles. The maximum absolute atomic E-state index is 4.78. The van der Waals surface area contributed by atoms with Gasteiger partial charge in [-0.1, -0.05) is 25.7 Å². The first-order valence-electron chi connectivity index (χ1n) is 10.3. The molecule has 2 fully saturated rings. The van der Waals surface area contributed by atoms with Crippen molar-refractivity contribution in [1.29, 1.82) is 0 Å². The normalized spacial score (nSPS) is 29.6. The van der Waals surface area contributed by atoms with Crippen molar-refractivity contribution >= 4 is 5.96 Å². The van der Waals surface area contributed by atoms with Gasteiger partial charge in [-0.3, -0.25) is 4.99 Å². The van der Waals surface area contributed by atoms with Crippen molar-refractivity contribution in [2.45, 2.75) is 83.3 Å². The van der Waals surface area contributed by atoms with E-state index in [2.05, 4.69) is 26.4 Å². The van der Waals surface area contributed by atoms with Gasteiger partial charge in [0.25, 0.3) is 0 Å². The maximum atomic E-state index is 4.78. The number of guanidine groups is 1. The quantitative estimate of drug-likeness (QED) is 0.654. The fourth-order valence-corrected chi connectivity index (χ4v) is 5.12. The minimum absolute atomic E-state index is 0.584. The van der Waals surface area contributed by atoms with Gasteiger partial charge in [-0.05, 0) is 43.9 Å². The molecule has 1 aliphatic heterocycles. The van der Waals surface area contributed by atoms with Gasteiger partial charge >= 0.3 is 0 Å². The van der Waals surface area contributed by atoms with Gasteiger partial charge in [-0.15, -0.1) is 0 Å². The van der Waals surface area contributed by atoms with Crippen LogP contribution in [0.15, 0.2) is 11.2 Å². The number of aromatic nitrogens is 2. The Hall–Kier alpha value is -1.52. The number of hydrogen-bond donors (Lipinski definition) is 2. The van der Waals surface area contributed by atoms with E-state index in [0.29, 0.717) is 6.04 Å². The molecule has 0 saturated heterocycles. The second kappa shape index (κ2) is 7.79. The third kappa shape index (κ3) is 4.01. The molecule has 3 aliphatic rings. The minimum Gasteiger partial charge on any atom is -0.354 e. The number of aryl methyl sites for hydroxylation is 2. The number of fused-ring (bicyclic) bond motifs is 2. The molecule has 3 atom stereocenters. The zero-order valence-corrected chi connectivity index (χ0v) is 15.6. The number of imidazole rings is 1. The van der Waals surface area contributed by atoms with Crippen molar-refractivity contribution in [3.8, 4) is 0 Å². The molecular weight excluding hydrogens is 310 g/mol. The van der Waals surface area contributed by atoms with E-state index in [0.717, 1.165) is 43.0 Å². The maximum Gasteiger partial charge on any atom is 0.191 e. The zero-order chi connectivity index (χ0) is 17.1. The highest BCUT2D eigenvalue weighted by atomic mass is 15.2. The van der Waals surface area contributed by atoms with Crippen molar-refractivity contribution in [2.24, 2.45) is 16.8 Å². The Morgan fingerprint density at radius 3 is 2.88 bits per heavy atom. The summed E-state index contributed by atoms with van der Waals surface area (Å²) in [5.74, 6) is 4.13. The Kier molecular flexibility index (Phi) is 5.28. The Morgan fingerprint density at radius 2 is 2.04 bits per heavy atom. The topological polar surface area (TPSA) is 54.2 Å². The number of hydrogen-bond acceptors (Lipinski definition) is 2. The molecule has 2 N–H and O–H groups in total. The summed E-state index contributed by atoms with van der Waals surface area (Å²) in [6.07, 6.45) is 15.7. The number of rotatable bonds is 3. The van der Waals surface area contributed by atoms with Crippen LogP contribution in [0.25, 0.3) is 0 Å². The fourth-order valence-electron chi connectivity index (χ4n) is 5.12. The van der Waals surface area contributed by atoms with Gasteiger partial charge in [-0.25, -0.2) is 4.98 Å². The van der Waals surface area contributed by atoms with Crippen molar-refractivity contribution in [1.82, 2.24) is 20.2 Å². The highest BCUT2D eigenvalue weighted by molar-refractivity contribution is 5.79. The summed E-state index contributed by atoms with van der Waals surface area (Å²) in [6.45, 7) is 1.89. The molecule has 0 radical (unpaired) electrons. The van der Waals surface area contributed by atoms with Gasteiger partial charge in [0.1, 0.15) is 5.82 Å². The molecule has 0 aromatic carbocycles. The van der Waals surface area contributed by atoms with Crippen LogP contribution in [0, 0.1) is 11.8 Å². The molecule has 1 aromatic heterocycles. The first-order chi connectivity index (χ1) is 12.3. The largest absolute Gasteiger partial charge is 0.354 e. The van der Waals surface area contributed by atoms with Gasteiger partial charge < -0.3 is 15.2 Å². The molecule has 1 aromatic rings. The summed E-state index contributed by atoms with van der Waals surface area (Å²) in [5.41, 5.74) is 1.14. The van der Waals surface area contributed by atoms with E-state index < -0.39 is 0 Å². The summed E-state index contributed by atoms with van der Waals surface area (Å²) >= 11 is 0. The van der Waals surface area contributed by atoms with Crippen molar-refractivity contribution in [3.63, 3.8) is 0 Å². The molecule has 25 heavy (non-hydrogen) atoms. The summed E-state index contributed by atoms with van der Waals surface area (Å²) in [7, 11) is 1.87. The highest BCUT2D eigenvalue weighted by Gasteiger charge is 2.32. The Morgan fingerprint density at radius 1 is 1.16 bits per heavy atom. The van der Waals surface area contributed by atoms with E-state index in [1.807, 2.05) is 7.05 Å². The predicted octanol–water partition coefficient (Wildman–Crippen LogP) is 3.24. The van der Waals surface area contributed by atoms with Gasteiger partial charge in [0, 0.05) is 32.3 Å². The molecule has 0 bridgehead atoms. The molecule has 5 nitrogen and oxygen atoms in total. The van der Waals surface area contributed by atoms with Crippen LogP contribution in [0.4, 0.5) is 0 Å². The second-order valence-corrected chi connectivity index (χ2v) is 8.18. The molecule has 0 spiro atoms. The third-order valence-corrected chi connectivity index (χ3v) is 6.50. The summed E-state index contributed by atoms with van der Waals surface area (Å²) in [6, 6.07) is 0.584. The lowest BCUT2D eigenvalue weighted by Crippen LogP contribution is -2.46. The number of aliphatic imine (C=N–C) groups is 1. The molecule has 3 unspecified atom stereocenters. The number of nitrogens with zero attached hydrogens (tertiary/aromatic N) is 3. The van der Waals surface area contributed by atoms with E-state index in [-0.39, 0.29) is 0 Å². The molecule has 2 saturated carbocycles. The lowest BCUT2D eigenvalue weighted by atomic mass is 9.69. The van der Waals surface area contributed by atoms with Gasteiger partial charge in [0.15, 0.2) is 5.96 Å². The lowest BCUT2D eigenvalue weighted by Gasteiger charge is -2.39. The van der Waals surface area contributed by atoms with Gasteiger partial charge in [0.05, 0.1) is 12.2 Å². The summed E-state index contributed by atoms with van der Waals surface area (Å²) < 4.78 is 2.32. The second-order valence-electron chi connectivity index (χ2n) is 8.18. The van der Waals surface area contributed by atoms with Crippen LogP contribution in [0.5, 0.6) is 0 Å². The Bertz CT molecular complexity index is 582. The van der Waals surface area contributed by atoms with E-state index in [1.54, 1.807) is 0 Å². The third-order valence-electron chi connectivity index (χ3n) is 6.50. The molecular formula is C20H33N5. The minimum atomic E-state index is 0.584. The molecule has 0 amide bonds. The number of nitrogens with one attached hydrogen (secondary N) is 2. The SMILES string of the molecule is CN=C(NCc1cn2c(n1)CCCC2)NC1CCC2CCCCC2C1. The smallest absolute Gasteiger partial charge is 0.191 e. The Balaban J connectivity index is 1.28. The molecule has 5 heteroatoms. The van der Waals surface area contributed by atoms with Crippen LogP contribution in [0.1, 0.15) is 69.3 Å². The average Bonchev–Trinajstić information content (AvgIpc) is 3.08. The Labute approximate surface area is 151 Å². The van der Waals surface area contributed by atoms with Crippen molar-refractivity contribution in [3.05, 3.63) is 17.7 Å². The molecule has 4 rings (SSSR count). The molecule has 2 heterocycles. The monoisotopic (exact) mass is 343 g/mol.